The van der Waals surface area contributed by atoms with E-state index in [4.69, 9.17) is 11.6 Å². The van der Waals surface area contributed by atoms with Gasteiger partial charge in [0.2, 0.25) is 0 Å². The summed E-state index contributed by atoms with van der Waals surface area (Å²) in [7, 11) is 0. The molecular formula is C28H23ClFN7OS2. The fourth-order valence-electron chi connectivity index (χ4n) is 4.52. The zero-order chi connectivity index (χ0) is 27.5. The molecule has 1 aliphatic rings. The number of thioether (sulfide) groups is 1. The largest absolute Gasteiger partial charge is 0.367 e. The number of nitrogens with zero attached hydrogens (tertiary/aromatic N) is 7. The summed E-state index contributed by atoms with van der Waals surface area (Å²) in [5.74, 6) is 0.482. The first-order valence-electron chi connectivity index (χ1n) is 12.5. The molecule has 0 atom stereocenters. The van der Waals surface area contributed by atoms with Crippen LogP contribution >= 0.6 is 34.7 Å². The molecule has 2 aromatic carbocycles. The molecule has 0 spiro atoms. The number of para-hydroxylation sites is 2. The van der Waals surface area contributed by atoms with Crippen molar-refractivity contribution in [3.63, 3.8) is 0 Å². The van der Waals surface area contributed by atoms with Crippen LogP contribution in [-0.4, -0.2) is 61.7 Å². The minimum atomic E-state index is -0.383. The molecule has 4 heterocycles. The highest BCUT2D eigenvalue weighted by molar-refractivity contribution is 7.98. The van der Waals surface area contributed by atoms with Crippen molar-refractivity contribution in [1.82, 2.24) is 29.6 Å². The second kappa shape index (κ2) is 11.7. The number of carbonyl (C=O) groups excluding carboxylic acids is 1. The number of pyridine rings is 1. The van der Waals surface area contributed by atoms with Crippen LogP contribution in [0, 0.1) is 5.82 Å². The van der Waals surface area contributed by atoms with E-state index in [0.717, 1.165) is 16.3 Å². The number of amides is 1. The molecule has 0 radical (unpaired) electrons. The smallest absolute Gasteiger partial charge is 0.273 e. The van der Waals surface area contributed by atoms with Crippen molar-refractivity contribution in [2.45, 2.75) is 10.9 Å². The summed E-state index contributed by atoms with van der Waals surface area (Å²) in [6.07, 6.45) is 3.34. The molecule has 5 aromatic rings. The van der Waals surface area contributed by atoms with Crippen LogP contribution in [0.15, 0.2) is 83.6 Å². The van der Waals surface area contributed by atoms with E-state index in [2.05, 4.69) is 25.1 Å². The van der Waals surface area contributed by atoms with Gasteiger partial charge in [-0.25, -0.2) is 9.37 Å². The summed E-state index contributed by atoms with van der Waals surface area (Å²) in [5, 5.41) is 12.5. The Kier molecular flexibility index (Phi) is 7.76. The third-order valence-corrected chi connectivity index (χ3v) is 8.79. The van der Waals surface area contributed by atoms with E-state index in [0.29, 0.717) is 59.3 Å². The lowest BCUT2D eigenvalue weighted by molar-refractivity contribution is 0.0741. The molecule has 3 aromatic heterocycles. The van der Waals surface area contributed by atoms with E-state index in [1.165, 1.54) is 29.2 Å². The van der Waals surface area contributed by atoms with Crippen molar-refractivity contribution in [2.75, 3.05) is 31.1 Å². The summed E-state index contributed by atoms with van der Waals surface area (Å²) >= 11 is 9.15. The van der Waals surface area contributed by atoms with Crippen molar-refractivity contribution in [1.29, 1.82) is 0 Å². The number of anilines is 1. The Morgan fingerprint density at radius 3 is 2.50 bits per heavy atom. The maximum atomic E-state index is 14.8. The number of hydrogen-bond donors (Lipinski definition) is 0. The number of carbonyl (C=O) groups is 1. The molecule has 1 amide bonds. The predicted octanol–water partition coefficient (Wildman–Crippen LogP) is 5.83. The molecule has 0 saturated carbocycles. The van der Waals surface area contributed by atoms with Crippen LogP contribution in [0.2, 0.25) is 5.02 Å². The zero-order valence-electron chi connectivity index (χ0n) is 21.2. The van der Waals surface area contributed by atoms with Gasteiger partial charge in [-0.2, -0.15) is 0 Å². The van der Waals surface area contributed by atoms with E-state index in [1.54, 1.807) is 46.6 Å². The van der Waals surface area contributed by atoms with Gasteiger partial charge in [0.1, 0.15) is 16.5 Å². The molecule has 1 fully saturated rings. The van der Waals surface area contributed by atoms with Crippen LogP contribution in [-0.2, 0) is 5.75 Å². The quantitative estimate of drug-likeness (QED) is 0.220. The fraction of sp³-hybridized carbons (Fsp3) is 0.179. The number of hydrogen-bond acceptors (Lipinski definition) is 8. The van der Waals surface area contributed by atoms with Crippen molar-refractivity contribution in [3.05, 3.63) is 100.0 Å². The summed E-state index contributed by atoms with van der Waals surface area (Å²) in [4.78, 5) is 26.0. The minimum Gasteiger partial charge on any atom is -0.367 e. The highest BCUT2D eigenvalue weighted by atomic mass is 35.5. The maximum Gasteiger partial charge on any atom is 0.273 e. The molecule has 8 nitrogen and oxygen atoms in total. The van der Waals surface area contributed by atoms with Gasteiger partial charge in [-0.3, -0.25) is 14.3 Å². The maximum absolute atomic E-state index is 14.8. The van der Waals surface area contributed by atoms with Crippen LogP contribution in [0.25, 0.3) is 17.1 Å². The highest BCUT2D eigenvalue weighted by Gasteiger charge is 2.25. The van der Waals surface area contributed by atoms with Crippen LogP contribution in [0.4, 0.5) is 10.1 Å². The summed E-state index contributed by atoms with van der Waals surface area (Å²) < 4.78 is 16.5. The molecule has 1 saturated heterocycles. The Hall–Kier alpha value is -3.80. The standard InChI is InChI=1S/C28H23ClFN7OS2/c29-20-7-1-3-9-23(20)35-12-14-36(15-13-35)27(38)22-17-39-25(32-22)18-40-28-34-33-26(19-6-5-11-31-16-19)37(28)24-10-4-2-8-21(24)30/h1-11,16-17H,12-15,18H2. The number of aromatic nitrogens is 5. The van der Waals surface area contributed by atoms with Gasteiger partial charge in [-0.15, -0.1) is 21.5 Å². The van der Waals surface area contributed by atoms with Crippen molar-refractivity contribution in [2.24, 2.45) is 0 Å². The molecule has 40 heavy (non-hydrogen) atoms. The summed E-state index contributed by atoms with van der Waals surface area (Å²) in [6.45, 7) is 2.59. The first-order chi connectivity index (χ1) is 19.6. The van der Waals surface area contributed by atoms with Gasteiger partial charge in [0.05, 0.1) is 22.2 Å². The lowest BCUT2D eigenvalue weighted by Crippen LogP contribution is -2.49. The van der Waals surface area contributed by atoms with Crippen LogP contribution in [0.5, 0.6) is 0 Å². The van der Waals surface area contributed by atoms with Gasteiger partial charge in [0.25, 0.3) is 5.91 Å². The van der Waals surface area contributed by atoms with Gasteiger partial charge in [-0.05, 0) is 36.4 Å². The van der Waals surface area contributed by atoms with E-state index in [-0.39, 0.29) is 11.7 Å². The lowest BCUT2D eigenvalue weighted by atomic mass is 10.2. The molecule has 0 bridgehead atoms. The van der Waals surface area contributed by atoms with Crippen LogP contribution < -0.4 is 4.90 Å². The molecule has 6 rings (SSSR count). The molecule has 1 aliphatic heterocycles. The molecule has 12 heteroatoms. The highest BCUT2D eigenvalue weighted by Crippen LogP contribution is 2.31. The number of halogens is 2. The summed E-state index contributed by atoms with van der Waals surface area (Å²) in [5.41, 5.74) is 2.49. The number of piperazine rings is 1. The van der Waals surface area contributed by atoms with Gasteiger partial charge in [0.15, 0.2) is 11.0 Å². The lowest BCUT2D eigenvalue weighted by Gasteiger charge is -2.36. The molecule has 0 aliphatic carbocycles. The van der Waals surface area contributed by atoms with E-state index >= 15 is 0 Å². The Bertz CT molecular complexity index is 1640. The minimum absolute atomic E-state index is 0.0836. The van der Waals surface area contributed by atoms with E-state index in [9.17, 15) is 9.18 Å². The zero-order valence-corrected chi connectivity index (χ0v) is 23.5. The van der Waals surface area contributed by atoms with E-state index in [1.807, 2.05) is 35.2 Å². The topological polar surface area (TPSA) is 80.0 Å². The van der Waals surface area contributed by atoms with Crippen molar-refractivity contribution < 1.29 is 9.18 Å². The van der Waals surface area contributed by atoms with Gasteiger partial charge < -0.3 is 9.80 Å². The number of rotatable bonds is 7. The number of benzene rings is 2. The summed E-state index contributed by atoms with van der Waals surface area (Å²) in [6, 6.07) is 17.9. The molecule has 0 unspecified atom stereocenters. The normalized spacial score (nSPS) is 13.6. The molecule has 0 N–H and O–H groups in total. The van der Waals surface area contributed by atoms with E-state index < -0.39 is 0 Å². The first-order valence-corrected chi connectivity index (χ1v) is 14.8. The Morgan fingerprint density at radius 2 is 1.75 bits per heavy atom. The third-order valence-electron chi connectivity index (χ3n) is 6.50. The fourth-order valence-corrected chi connectivity index (χ4v) is 6.50. The Labute approximate surface area is 243 Å². The molecule has 202 valence electrons. The van der Waals surface area contributed by atoms with Gasteiger partial charge in [-0.1, -0.05) is 47.6 Å². The second-order valence-corrected chi connectivity index (χ2v) is 11.3. The van der Waals surface area contributed by atoms with Crippen LogP contribution in [0.3, 0.4) is 0 Å². The molecular weight excluding hydrogens is 569 g/mol. The van der Waals surface area contributed by atoms with Gasteiger partial charge >= 0.3 is 0 Å². The Morgan fingerprint density at radius 1 is 0.975 bits per heavy atom. The third kappa shape index (κ3) is 5.45. The average Bonchev–Trinajstić information content (AvgIpc) is 3.64. The second-order valence-electron chi connectivity index (χ2n) is 8.98. The van der Waals surface area contributed by atoms with Crippen LogP contribution in [0.1, 0.15) is 15.5 Å². The number of thiazole rings is 1. The SMILES string of the molecule is O=C(c1csc(CSc2nnc(-c3cccnc3)n2-c2ccccc2F)n1)N1CCN(c2ccccc2Cl)CC1. The first kappa shape index (κ1) is 26.4. The predicted molar refractivity (Wildman–Crippen MR) is 156 cm³/mol. The van der Waals surface area contributed by atoms with Crippen molar-refractivity contribution >= 4 is 46.3 Å². The monoisotopic (exact) mass is 591 g/mol. The average molecular weight is 592 g/mol. The van der Waals surface area contributed by atoms with Crippen molar-refractivity contribution in [3.8, 4) is 17.1 Å². The van der Waals surface area contributed by atoms with Gasteiger partial charge in [0, 0.05) is 49.5 Å². The Balaban J connectivity index is 1.15.